The Balaban J connectivity index is 1.39. The Morgan fingerprint density at radius 2 is 1.19 bits per heavy atom. The van der Waals surface area contributed by atoms with Crippen LogP contribution in [0.5, 0.6) is 0 Å². The van der Waals surface area contributed by atoms with Gasteiger partial charge in [-0.2, -0.15) is 20.0 Å². The van der Waals surface area contributed by atoms with E-state index in [1.54, 1.807) is 19.9 Å². The number of anilines is 5. The van der Waals surface area contributed by atoms with Crippen LogP contribution in [0.2, 0.25) is 0 Å². The number of nitro benzene ring substituents is 2. The van der Waals surface area contributed by atoms with Crippen LogP contribution in [0, 0.1) is 34.1 Å². The van der Waals surface area contributed by atoms with Crippen molar-refractivity contribution in [2.45, 2.75) is 13.8 Å². The molecule has 0 bridgehead atoms. The van der Waals surface area contributed by atoms with E-state index < -0.39 is 15.8 Å². The van der Waals surface area contributed by atoms with E-state index in [2.05, 4.69) is 36.0 Å². The second-order valence-corrected chi connectivity index (χ2v) is 10.6. The fraction of sp³-hybridized carbons (Fsp3) is 0.0606. The number of amidine groups is 1. The topological polar surface area (TPSA) is 194 Å². The van der Waals surface area contributed by atoms with Crippen LogP contribution < -0.4 is 16.1 Å². The number of hydrogen-bond donors (Lipinski definition) is 3. The van der Waals surface area contributed by atoms with Gasteiger partial charge >= 0.3 is 0 Å². The molecule has 1 aliphatic heterocycles. The minimum atomic E-state index is -0.490. The number of benzene rings is 4. The fourth-order valence-corrected chi connectivity index (χ4v) is 4.79. The Morgan fingerprint density at radius 3 is 1.69 bits per heavy atom. The zero-order valence-corrected chi connectivity index (χ0v) is 25.5. The second-order valence-electron chi connectivity index (χ2n) is 10.6. The molecule has 3 N–H and O–H groups in total. The van der Waals surface area contributed by atoms with Gasteiger partial charge in [0.25, 0.3) is 17.3 Å². The molecule has 0 aliphatic carbocycles. The molecule has 1 aromatic heterocycles. The number of aromatic nitrogens is 3. The summed E-state index contributed by atoms with van der Waals surface area (Å²) in [4.78, 5) is 53.4. The number of amides is 1. The monoisotopic (exact) mass is 642 g/mol. The molecule has 15 nitrogen and oxygen atoms in total. The number of nitro groups is 2. The van der Waals surface area contributed by atoms with E-state index in [1.165, 1.54) is 41.4 Å². The molecule has 238 valence electrons. The van der Waals surface area contributed by atoms with E-state index in [4.69, 9.17) is 0 Å². The summed E-state index contributed by atoms with van der Waals surface area (Å²) in [6.45, 7) is 3.39. The van der Waals surface area contributed by atoms with E-state index in [1.807, 2.05) is 60.7 Å². The van der Waals surface area contributed by atoms with Gasteiger partial charge in [0.05, 0.1) is 9.85 Å². The van der Waals surface area contributed by atoms with Gasteiger partial charge in [-0.1, -0.05) is 60.7 Å². The molecule has 48 heavy (non-hydrogen) atoms. The molecule has 0 saturated carbocycles. The van der Waals surface area contributed by atoms with Crippen LogP contribution >= 0.6 is 0 Å². The molecule has 0 unspecified atom stereocenters. The average molecular weight is 643 g/mol. The number of non-ortho nitro benzene ring substituents is 2. The first kappa shape index (κ1) is 31.0. The van der Waals surface area contributed by atoms with Crippen molar-refractivity contribution in [1.29, 1.82) is 0 Å². The SMILES string of the molecule is Cc1cc([N+](=O)[O-])ccc1Nc1nc(Nc2ccc([N+](=O)[O-])cc2C)nc(NN2C(=O)/C(=C\c3ccccc3)N=C2c2ccccc2)n1. The van der Waals surface area contributed by atoms with Gasteiger partial charge in [0, 0.05) is 41.2 Å². The number of carbonyl (C=O) groups is 1. The zero-order valence-electron chi connectivity index (χ0n) is 25.5. The standard InChI is InChI=1S/C33H26N10O5/c1-20-17-24(42(45)46)13-15-26(20)35-31-37-32(36-27-16-14-25(43(47)48)18-21(27)2)39-33(38-31)40-41-29(23-11-7-4-8-12-23)34-28(30(41)44)19-22-9-5-3-6-10-22/h3-19H,1-2H3,(H3,35,36,37,38,39,40)/b28-19+. The first-order valence-corrected chi connectivity index (χ1v) is 14.5. The van der Waals surface area contributed by atoms with Crippen LogP contribution in [-0.2, 0) is 4.79 Å². The van der Waals surface area contributed by atoms with Crippen molar-refractivity contribution in [2.75, 3.05) is 16.1 Å². The fourth-order valence-electron chi connectivity index (χ4n) is 4.79. The molecule has 4 aromatic carbocycles. The summed E-state index contributed by atoms with van der Waals surface area (Å²) in [6, 6.07) is 27.0. The lowest BCUT2D eigenvalue weighted by molar-refractivity contribution is -0.385. The lowest BCUT2D eigenvalue weighted by Gasteiger charge is -2.20. The molecule has 5 aromatic rings. The number of hydrazine groups is 1. The third-order valence-electron chi connectivity index (χ3n) is 7.18. The smallest absolute Gasteiger partial charge is 0.297 e. The number of nitrogens with zero attached hydrogens (tertiary/aromatic N) is 7. The number of nitrogens with one attached hydrogen (secondary N) is 3. The summed E-state index contributed by atoms with van der Waals surface area (Å²) in [6.07, 6.45) is 1.68. The molecule has 0 saturated heterocycles. The molecule has 0 fully saturated rings. The van der Waals surface area contributed by atoms with Gasteiger partial charge in [-0.3, -0.25) is 30.4 Å². The number of hydrogen-bond acceptors (Lipinski definition) is 12. The maximum Gasteiger partial charge on any atom is 0.297 e. The number of rotatable bonds is 10. The van der Waals surface area contributed by atoms with Gasteiger partial charge < -0.3 is 10.6 Å². The quantitative estimate of drug-likeness (QED) is 0.0861. The van der Waals surface area contributed by atoms with Crippen LogP contribution in [-0.4, -0.2) is 41.6 Å². The van der Waals surface area contributed by atoms with Gasteiger partial charge in [-0.15, -0.1) is 0 Å². The van der Waals surface area contributed by atoms with Crippen molar-refractivity contribution >= 4 is 58.4 Å². The molecular weight excluding hydrogens is 616 g/mol. The van der Waals surface area contributed by atoms with Gasteiger partial charge in [0.1, 0.15) is 5.70 Å². The highest BCUT2D eigenvalue weighted by atomic mass is 16.6. The average Bonchev–Trinajstić information content (AvgIpc) is 3.37. The first-order valence-electron chi connectivity index (χ1n) is 14.5. The van der Waals surface area contributed by atoms with Gasteiger partial charge in [-0.25, -0.2) is 4.99 Å². The van der Waals surface area contributed by atoms with Gasteiger partial charge in [0.15, 0.2) is 5.84 Å². The normalized spacial score (nSPS) is 13.3. The minimum Gasteiger partial charge on any atom is -0.324 e. The second kappa shape index (κ2) is 13.1. The van der Waals surface area contributed by atoms with E-state index in [0.717, 1.165) is 5.56 Å². The third-order valence-corrected chi connectivity index (χ3v) is 7.18. The molecule has 1 amide bonds. The molecule has 0 spiro atoms. The molecule has 1 aliphatic rings. The first-order chi connectivity index (χ1) is 23.1. The number of aryl methyl sites for hydroxylation is 2. The molecular formula is C33H26N10O5. The van der Waals surface area contributed by atoms with Crippen molar-refractivity contribution in [3.8, 4) is 0 Å². The minimum absolute atomic E-state index is 0.0383. The summed E-state index contributed by atoms with van der Waals surface area (Å²) < 4.78 is 0. The summed E-state index contributed by atoms with van der Waals surface area (Å²) in [7, 11) is 0. The summed E-state index contributed by atoms with van der Waals surface area (Å²) in [5.74, 6) is -0.121. The van der Waals surface area contributed by atoms with Crippen molar-refractivity contribution in [1.82, 2.24) is 20.0 Å². The Bertz CT molecular complexity index is 2040. The zero-order chi connectivity index (χ0) is 33.8. The predicted octanol–water partition coefficient (Wildman–Crippen LogP) is 6.45. The maximum absolute atomic E-state index is 13.8. The van der Waals surface area contributed by atoms with Crippen molar-refractivity contribution in [2.24, 2.45) is 4.99 Å². The summed E-state index contributed by atoms with van der Waals surface area (Å²) >= 11 is 0. The van der Waals surface area contributed by atoms with Crippen LogP contribution in [0.3, 0.4) is 0 Å². The highest BCUT2D eigenvalue weighted by Gasteiger charge is 2.32. The van der Waals surface area contributed by atoms with Crippen LogP contribution in [0.1, 0.15) is 22.3 Å². The Morgan fingerprint density at radius 1 is 0.688 bits per heavy atom. The Hall–Kier alpha value is -7.03. The Labute approximate surface area is 273 Å². The van der Waals surface area contributed by atoms with Gasteiger partial charge in [0.2, 0.25) is 17.8 Å². The summed E-state index contributed by atoms with van der Waals surface area (Å²) in [5, 5.41) is 29.9. The van der Waals surface area contributed by atoms with E-state index in [0.29, 0.717) is 33.9 Å². The van der Waals surface area contributed by atoms with E-state index in [-0.39, 0.29) is 34.9 Å². The highest BCUT2D eigenvalue weighted by Crippen LogP contribution is 2.28. The number of carbonyl (C=O) groups excluding carboxylic acids is 1. The predicted molar refractivity (Wildman–Crippen MR) is 180 cm³/mol. The van der Waals surface area contributed by atoms with Crippen molar-refractivity contribution in [3.63, 3.8) is 0 Å². The van der Waals surface area contributed by atoms with E-state index >= 15 is 0 Å². The highest BCUT2D eigenvalue weighted by molar-refractivity contribution is 6.20. The van der Waals surface area contributed by atoms with E-state index in [9.17, 15) is 25.0 Å². The van der Waals surface area contributed by atoms with Crippen molar-refractivity contribution in [3.05, 3.63) is 145 Å². The van der Waals surface area contributed by atoms with Crippen LogP contribution in [0.15, 0.2) is 108 Å². The molecule has 15 heteroatoms. The number of aliphatic imine (C=N–C) groups is 1. The molecule has 6 rings (SSSR count). The third kappa shape index (κ3) is 6.79. The molecule has 0 atom stereocenters. The summed E-state index contributed by atoms with van der Waals surface area (Å²) in [5.41, 5.74) is 6.55. The largest absolute Gasteiger partial charge is 0.324 e. The van der Waals surface area contributed by atoms with Gasteiger partial charge in [-0.05, 0) is 48.7 Å². The lowest BCUT2D eigenvalue weighted by Crippen LogP contribution is -2.38. The molecule has 2 heterocycles. The molecule has 0 radical (unpaired) electrons. The van der Waals surface area contributed by atoms with Crippen molar-refractivity contribution < 1.29 is 14.6 Å². The van der Waals surface area contributed by atoms with Crippen LogP contribution in [0.4, 0.5) is 40.6 Å². The van der Waals surface area contributed by atoms with Crippen LogP contribution in [0.25, 0.3) is 6.08 Å². The Kier molecular flexibility index (Phi) is 8.48. The lowest BCUT2D eigenvalue weighted by atomic mass is 10.2. The maximum atomic E-state index is 13.8.